The number of alkyl halides is 3. The Bertz CT molecular complexity index is 271. The summed E-state index contributed by atoms with van der Waals surface area (Å²) < 4.78 is 64.9. The molecule has 86 valence electrons. The lowest BCUT2D eigenvalue weighted by atomic mass is 10.3. The summed E-state index contributed by atoms with van der Waals surface area (Å²) >= 11 is 0. The van der Waals surface area contributed by atoms with Gasteiger partial charge in [-0.05, 0) is 13.8 Å². The van der Waals surface area contributed by atoms with Crippen molar-refractivity contribution in [3.8, 4) is 0 Å². The molecule has 0 amide bonds. The summed E-state index contributed by atoms with van der Waals surface area (Å²) in [6.07, 6.45) is -1.93. The standard InChI is InChI=1S/C6H11F3O4S/c1-4(12-3)5(2)13-14(10,11)6(7,8)9/h4-5H,1-3H3. The maximum absolute atomic E-state index is 11.8. The van der Waals surface area contributed by atoms with E-state index in [4.69, 9.17) is 0 Å². The van der Waals surface area contributed by atoms with Gasteiger partial charge in [0.15, 0.2) is 0 Å². The lowest BCUT2D eigenvalue weighted by Gasteiger charge is -2.19. The van der Waals surface area contributed by atoms with Gasteiger partial charge in [-0.15, -0.1) is 0 Å². The molecular formula is C6H11F3O4S. The van der Waals surface area contributed by atoms with Crippen molar-refractivity contribution in [2.24, 2.45) is 0 Å². The van der Waals surface area contributed by atoms with E-state index in [0.29, 0.717) is 0 Å². The summed E-state index contributed by atoms with van der Waals surface area (Å²) in [6.45, 7) is 2.58. The fourth-order valence-corrected chi connectivity index (χ4v) is 1.19. The molecule has 4 nitrogen and oxygen atoms in total. The first-order chi connectivity index (χ1) is 6.12. The first-order valence-corrected chi connectivity index (χ1v) is 5.05. The van der Waals surface area contributed by atoms with Crippen molar-refractivity contribution in [1.82, 2.24) is 0 Å². The zero-order valence-corrected chi connectivity index (χ0v) is 8.65. The molecule has 0 N–H and O–H groups in total. The van der Waals surface area contributed by atoms with E-state index < -0.39 is 27.8 Å². The van der Waals surface area contributed by atoms with Gasteiger partial charge in [0.2, 0.25) is 0 Å². The van der Waals surface area contributed by atoms with E-state index in [2.05, 4.69) is 8.92 Å². The van der Waals surface area contributed by atoms with E-state index in [0.717, 1.165) is 0 Å². The second kappa shape index (κ2) is 4.45. The second-order valence-electron chi connectivity index (χ2n) is 2.64. The molecule has 0 spiro atoms. The maximum Gasteiger partial charge on any atom is 0.523 e. The topological polar surface area (TPSA) is 52.6 Å². The van der Waals surface area contributed by atoms with Gasteiger partial charge in [-0.1, -0.05) is 0 Å². The Morgan fingerprint density at radius 1 is 1.14 bits per heavy atom. The molecule has 2 unspecified atom stereocenters. The van der Waals surface area contributed by atoms with E-state index in [1.807, 2.05) is 0 Å². The van der Waals surface area contributed by atoms with Crippen LogP contribution in [0.15, 0.2) is 0 Å². The Morgan fingerprint density at radius 2 is 1.57 bits per heavy atom. The third-order valence-corrected chi connectivity index (χ3v) is 2.72. The van der Waals surface area contributed by atoms with Crippen LogP contribution in [0.2, 0.25) is 0 Å². The molecule has 0 aromatic heterocycles. The van der Waals surface area contributed by atoms with Crippen molar-refractivity contribution in [2.45, 2.75) is 31.6 Å². The van der Waals surface area contributed by atoms with E-state index in [-0.39, 0.29) is 0 Å². The van der Waals surface area contributed by atoms with Crippen LogP contribution >= 0.6 is 0 Å². The molecule has 0 aliphatic carbocycles. The van der Waals surface area contributed by atoms with Crippen LogP contribution in [0.5, 0.6) is 0 Å². The van der Waals surface area contributed by atoms with E-state index in [9.17, 15) is 21.6 Å². The summed E-state index contributed by atoms with van der Waals surface area (Å²) in [7, 11) is -4.29. The SMILES string of the molecule is COC(C)C(C)OS(=O)(=O)C(F)(F)F. The minimum Gasteiger partial charge on any atom is -0.379 e. The van der Waals surface area contributed by atoms with Crippen molar-refractivity contribution in [1.29, 1.82) is 0 Å². The van der Waals surface area contributed by atoms with Gasteiger partial charge >= 0.3 is 15.6 Å². The van der Waals surface area contributed by atoms with Gasteiger partial charge in [0, 0.05) is 7.11 Å². The Kier molecular flexibility index (Phi) is 4.34. The molecule has 0 radical (unpaired) electrons. The zero-order valence-electron chi connectivity index (χ0n) is 7.83. The van der Waals surface area contributed by atoms with Crippen LogP contribution < -0.4 is 0 Å². The second-order valence-corrected chi connectivity index (χ2v) is 4.21. The fraction of sp³-hybridized carbons (Fsp3) is 1.00. The normalized spacial score (nSPS) is 17.9. The van der Waals surface area contributed by atoms with Gasteiger partial charge in [0.1, 0.15) is 6.10 Å². The molecule has 0 bridgehead atoms. The van der Waals surface area contributed by atoms with E-state index >= 15 is 0 Å². The summed E-state index contributed by atoms with van der Waals surface area (Å²) in [5.74, 6) is 0. The molecule has 0 saturated carbocycles. The Morgan fingerprint density at radius 3 is 1.86 bits per heavy atom. The third-order valence-electron chi connectivity index (χ3n) is 1.59. The fourth-order valence-electron chi connectivity index (χ4n) is 0.524. The molecule has 0 aliphatic rings. The molecule has 14 heavy (non-hydrogen) atoms. The highest BCUT2D eigenvalue weighted by atomic mass is 32.2. The molecule has 0 fully saturated rings. The highest BCUT2D eigenvalue weighted by Gasteiger charge is 2.48. The predicted octanol–water partition coefficient (Wildman–Crippen LogP) is 1.28. The average molecular weight is 236 g/mol. The predicted molar refractivity (Wildman–Crippen MR) is 42.0 cm³/mol. The summed E-state index contributed by atoms with van der Waals surface area (Å²) in [6, 6.07) is 0. The molecular weight excluding hydrogens is 225 g/mol. The van der Waals surface area contributed by atoms with Gasteiger partial charge in [-0.3, -0.25) is 4.18 Å². The van der Waals surface area contributed by atoms with Crippen LogP contribution in [0.25, 0.3) is 0 Å². The number of rotatable bonds is 4. The average Bonchev–Trinajstić information content (AvgIpc) is 2.00. The Labute approximate surface area is 80.1 Å². The number of hydrogen-bond donors (Lipinski definition) is 0. The first kappa shape index (κ1) is 13.7. The van der Waals surface area contributed by atoms with Crippen molar-refractivity contribution < 1.29 is 30.5 Å². The van der Waals surface area contributed by atoms with Gasteiger partial charge in [-0.2, -0.15) is 21.6 Å². The number of ether oxygens (including phenoxy) is 1. The summed E-state index contributed by atoms with van der Waals surface area (Å²) in [5.41, 5.74) is -5.39. The van der Waals surface area contributed by atoms with Crippen LogP contribution in [0.1, 0.15) is 13.8 Å². The molecule has 0 aromatic carbocycles. The first-order valence-electron chi connectivity index (χ1n) is 3.64. The molecule has 8 heteroatoms. The van der Waals surface area contributed by atoms with Gasteiger partial charge in [0.25, 0.3) is 0 Å². The molecule has 0 saturated heterocycles. The number of hydrogen-bond acceptors (Lipinski definition) is 4. The van der Waals surface area contributed by atoms with E-state index in [1.165, 1.54) is 21.0 Å². The number of halogens is 3. The largest absolute Gasteiger partial charge is 0.523 e. The van der Waals surface area contributed by atoms with Crippen LogP contribution in [0, 0.1) is 0 Å². The van der Waals surface area contributed by atoms with Crippen molar-refractivity contribution >= 4 is 10.1 Å². The highest BCUT2D eigenvalue weighted by Crippen LogP contribution is 2.26. The van der Waals surface area contributed by atoms with Gasteiger partial charge in [-0.25, -0.2) is 0 Å². The van der Waals surface area contributed by atoms with Crippen molar-refractivity contribution in [3.63, 3.8) is 0 Å². The molecule has 0 heterocycles. The van der Waals surface area contributed by atoms with Crippen molar-refractivity contribution in [2.75, 3.05) is 7.11 Å². The molecule has 0 aromatic rings. The minimum absolute atomic E-state index is 0.743. The summed E-state index contributed by atoms with van der Waals surface area (Å²) in [5, 5.41) is 0. The highest BCUT2D eigenvalue weighted by molar-refractivity contribution is 7.87. The van der Waals surface area contributed by atoms with Crippen LogP contribution in [0.3, 0.4) is 0 Å². The monoisotopic (exact) mass is 236 g/mol. The smallest absolute Gasteiger partial charge is 0.379 e. The molecule has 2 atom stereocenters. The quantitative estimate of drug-likeness (QED) is 0.545. The third kappa shape index (κ3) is 3.43. The number of methoxy groups -OCH3 is 1. The van der Waals surface area contributed by atoms with Gasteiger partial charge in [0.05, 0.1) is 6.10 Å². The summed E-state index contributed by atoms with van der Waals surface area (Å²) in [4.78, 5) is 0. The van der Waals surface area contributed by atoms with Gasteiger partial charge < -0.3 is 4.74 Å². The molecule has 0 aliphatic heterocycles. The van der Waals surface area contributed by atoms with Crippen LogP contribution in [-0.4, -0.2) is 33.2 Å². The zero-order chi connectivity index (χ0) is 11.6. The lowest BCUT2D eigenvalue weighted by molar-refractivity contribution is -0.0632. The van der Waals surface area contributed by atoms with Crippen LogP contribution in [-0.2, 0) is 19.0 Å². The molecule has 0 rings (SSSR count). The minimum atomic E-state index is -5.53. The lowest BCUT2D eigenvalue weighted by Crippen LogP contribution is -2.34. The Hall–Kier alpha value is -0.340. The maximum atomic E-state index is 11.8. The Balaban J connectivity index is 4.54. The van der Waals surface area contributed by atoms with Crippen molar-refractivity contribution in [3.05, 3.63) is 0 Å². The van der Waals surface area contributed by atoms with Crippen LogP contribution in [0.4, 0.5) is 13.2 Å². The van der Waals surface area contributed by atoms with E-state index in [1.54, 1.807) is 0 Å².